The number of rotatable bonds is 47. The second-order valence-electron chi connectivity index (χ2n) is 19.1. The third-order valence-corrected chi connectivity index (χ3v) is 12.5. The van der Waals surface area contributed by atoms with E-state index >= 15 is 0 Å². The van der Waals surface area contributed by atoms with E-state index in [1.807, 2.05) is 33.3 Å². The van der Waals surface area contributed by atoms with Crippen LogP contribution in [0.2, 0.25) is 0 Å². The molecule has 9 nitrogen and oxygen atoms in total. The maximum Gasteiger partial charge on any atom is 0.472 e. The highest BCUT2D eigenvalue weighted by atomic mass is 31.2. The number of hydrogen-bond acceptors (Lipinski definition) is 6. The first-order valence-electron chi connectivity index (χ1n) is 26.6. The monoisotopic (exact) mass is 934 g/mol. The summed E-state index contributed by atoms with van der Waals surface area (Å²) < 4.78 is 30.5. The largest absolute Gasteiger partial charge is 0.472 e. The summed E-state index contributed by atoms with van der Waals surface area (Å²) in [5.41, 5.74) is 0. The van der Waals surface area contributed by atoms with E-state index in [1.54, 1.807) is 0 Å². The number of amides is 1. The summed E-state index contributed by atoms with van der Waals surface area (Å²) >= 11 is 0. The topological polar surface area (TPSA) is 111 Å². The van der Waals surface area contributed by atoms with Crippen molar-refractivity contribution in [3.05, 3.63) is 60.8 Å². The van der Waals surface area contributed by atoms with E-state index in [1.165, 1.54) is 96.3 Å². The first kappa shape index (κ1) is 62.7. The fourth-order valence-corrected chi connectivity index (χ4v) is 8.08. The molecule has 0 heterocycles. The Hall–Kier alpha value is -2.29. The van der Waals surface area contributed by atoms with Crippen LogP contribution in [0.3, 0.4) is 0 Å². The van der Waals surface area contributed by atoms with Crippen LogP contribution in [-0.2, 0) is 27.9 Å². The van der Waals surface area contributed by atoms with Gasteiger partial charge in [-0.1, -0.05) is 197 Å². The standard InChI is InChI=1S/C55H101N2O7P/c1-7-10-13-16-19-22-25-27-28-30-32-35-38-41-44-47-54(58)56-52(51-63-65(60,61)62-50-49-57(4,5)6)53(46-43-40-37-34-31-24-21-18-15-12-9-3)64-55(59)48-45-42-39-36-33-29-26-23-20-17-14-11-8-2/h11,14,17,20,22-23,25-26,43,46,52-53H,7-10,12-13,15-16,18-19,21,24,27-42,44-45,47-51H2,1-6H3,(H-,56,58,60,61)/p+1/b14-11+,20-17+,25-22-,26-23-,46-43+. The summed E-state index contributed by atoms with van der Waals surface area (Å²) in [6.07, 6.45) is 55.0. The van der Waals surface area contributed by atoms with Crippen molar-refractivity contribution < 1.29 is 37.3 Å². The Balaban J connectivity index is 5.42. The molecule has 0 bridgehead atoms. The molecule has 3 unspecified atom stereocenters. The summed E-state index contributed by atoms with van der Waals surface area (Å²) in [7, 11) is 1.47. The first-order valence-corrected chi connectivity index (χ1v) is 28.1. The van der Waals surface area contributed by atoms with Crippen molar-refractivity contribution in [2.24, 2.45) is 0 Å². The number of phosphoric ester groups is 1. The lowest BCUT2D eigenvalue weighted by Gasteiger charge is -2.27. The summed E-state index contributed by atoms with van der Waals surface area (Å²) in [5.74, 6) is -0.537. The van der Waals surface area contributed by atoms with Crippen molar-refractivity contribution in [3.63, 3.8) is 0 Å². The lowest BCUT2D eigenvalue weighted by atomic mass is 10.1. The molecule has 10 heteroatoms. The Kier molecular flexibility index (Phi) is 43.9. The van der Waals surface area contributed by atoms with Gasteiger partial charge in [0.05, 0.1) is 33.8 Å². The lowest BCUT2D eigenvalue weighted by Crippen LogP contribution is -2.47. The van der Waals surface area contributed by atoms with Crippen molar-refractivity contribution in [1.82, 2.24) is 5.32 Å². The zero-order valence-corrected chi connectivity index (χ0v) is 43.9. The maximum absolute atomic E-state index is 13.4. The van der Waals surface area contributed by atoms with Crippen LogP contribution in [0.5, 0.6) is 0 Å². The van der Waals surface area contributed by atoms with Crippen molar-refractivity contribution in [1.29, 1.82) is 0 Å². The molecule has 0 saturated carbocycles. The zero-order chi connectivity index (χ0) is 48.0. The van der Waals surface area contributed by atoms with Gasteiger partial charge in [0.2, 0.25) is 5.91 Å². The van der Waals surface area contributed by atoms with Gasteiger partial charge in [0, 0.05) is 12.8 Å². The minimum Gasteiger partial charge on any atom is -0.456 e. The molecule has 3 atom stereocenters. The van der Waals surface area contributed by atoms with Gasteiger partial charge in [-0.25, -0.2) is 4.57 Å². The molecule has 1 amide bonds. The average Bonchev–Trinajstić information content (AvgIpc) is 3.26. The van der Waals surface area contributed by atoms with Gasteiger partial charge in [-0.2, -0.15) is 0 Å². The van der Waals surface area contributed by atoms with Gasteiger partial charge in [-0.3, -0.25) is 18.6 Å². The number of carbonyl (C=O) groups excluding carboxylic acids is 2. The molecule has 0 aromatic heterocycles. The normalized spacial score (nSPS) is 14.4. The zero-order valence-electron chi connectivity index (χ0n) is 43.0. The number of phosphoric acid groups is 1. The lowest BCUT2D eigenvalue weighted by molar-refractivity contribution is -0.870. The number of likely N-dealkylation sites (N-methyl/N-ethyl adjacent to an activating group) is 1. The van der Waals surface area contributed by atoms with Crippen LogP contribution in [0, 0.1) is 0 Å². The van der Waals surface area contributed by atoms with Crippen molar-refractivity contribution in [2.45, 2.75) is 238 Å². The minimum atomic E-state index is -4.44. The van der Waals surface area contributed by atoms with E-state index < -0.39 is 20.0 Å². The van der Waals surface area contributed by atoms with Crippen molar-refractivity contribution >= 4 is 19.7 Å². The Morgan fingerprint density at radius 1 is 0.554 bits per heavy atom. The number of esters is 1. The van der Waals surface area contributed by atoms with Gasteiger partial charge in [-0.05, 0) is 76.7 Å². The number of hydrogen-bond donors (Lipinski definition) is 2. The quantitative estimate of drug-likeness (QED) is 0.0156. The number of unbranched alkanes of at least 4 members (excludes halogenated alkanes) is 25. The molecule has 0 saturated heterocycles. The van der Waals surface area contributed by atoms with Gasteiger partial charge in [0.15, 0.2) is 0 Å². The number of allylic oxidation sites excluding steroid dienone is 9. The Morgan fingerprint density at radius 2 is 1.00 bits per heavy atom. The fourth-order valence-electron chi connectivity index (χ4n) is 7.34. The molecule has 0 aliphatic heterocycles. The van der Waals surface area contributed by atoms with Gasteiger partial charge >= 0.3 is 13.8 Å². The molecule has 0 spiro atoms. The van der Waals surface area contributed by atoms with E-state index in [0.29, 0.717) is 23.9 Å². The summed E-state index contributed by atoms with van der Waals surface area (Å²) in [5, 5.41) is 3.03. The predicted molar refractivity (Wildman–Crippen MR) is 277 cm³/mol. The van der Waals surface area contributed by atoms with Crippen molar-refractivity contribution in [3.8, 4) is 0 Å². The predicted octanol–water partition coefficient (Wildman–Crippen LogP) is 15.5. The molecular weight excluding hydrogens is 832 g/mol. The van der Waals surface area contributed by atoms with E-state index in [4.69, 9.17) is 13.8 Å². The highest BCUT2D eigenvalue weighted by molar-refractivity contribution is 7.47. The average molecular weight is 934 g/mol. The molecule has 0 aliphatic carbocycles. The van der Waals surface area contributed by atoms with Crippen LogP contribution in [0.15, 0.2) is 60.8 Å². The van der Waals surface area contributed by atoms with E-state index in [9.17, 15) is 19.0 Å². The van der Waals surface area contributed by atoms with Crippen LogP contribution >= 0.6 is 7.82 Å². The molecule has 0 aromatic rings. The summed E-state index contributed by atoms with van der Waals surface area (Å²) in [6, 6.07) is -0.857. The fraction of sp³-hybridized carbons (Fsp3) is 0.782. The van der Waals surface area contributed by atoms with Crippen LogP contribution in [0.1, 0.15) is 226 Å². The first-order chi connectivity index (χ1) is 31.4. The number of carbonyl (C=O) groups is 2. The third-order valence-electron chi connectivity index (χ3n) is 11.5. The molecule has 0 rings (SSSR count). The van der Waals surface area contributed by atoms with Gasteiger partial charge in [-0.15, -0.1) is 0 Å². The highest BCUT2D eigenvalue weighted by Gasteiger charge is 2.30. The van der Waals surface area contributed by atoms with Gasteiger partial charge in [0.1, 0.15) is 19.3 Å². The Labute approximate surface area is 401 Å². The molecule has 2 N–H and O–H groups in total. The number of nitrogens with one attached hydrogen (secondary N) is 1. The molecule has 0 aliphatic rings. The van der Waals surface area contributed by atoms with E-state index in [2.05, 4.69) is 74.7 Å². The minimum absolute atomic E-state index is 0.0343. The summed E-state index contributed by atoms with van der Waals surface area (Å²) in [4.78, 5) is 37.4. The van der Waals surface area contributed by atoms with Crippen LogP contribution in [0.25, 0.3) is 0 Å². The highest BCUT2D eigenvalue weighted by Crippen LogP contribution is 2.43. The van der Waals surface area contributed by atoms with Crippen LogP contribution < -0.4 is 5.32 Å². The molecular formula is C55H102N2O7P+. The molecule has 0 fully saturated rings. The van der Waals surface area contributed by atoms with Gasteiger partial charge in [0.25, 0.3) is 0 Å². The van der Waals surface area contributed by atoms with Crippen LogP contribution in [0.4, 0.5) is 0 Å². The Morgan fingerprint density at radius 3 is 1.52 bits per heavy atom. The third kappa shape index (κ3) is 46.6. The van der Waals surface area contributed by atoms with E-state index in [-0.39, 0.29) is 31.5 Å². The molecule has 0 radical (unpaired) electrons. The molecule has 65 heavy (non-hydrogen) atoms. The second-order valence-corrected chi connectivity index (χ2v) is 20.5. The number of nitrogens with zero attached hydrogens (tertiary/aromatic N) is 1. The van der Waals surface area contributed by atoms with Gasteiger partial charge < -0.3 is 19.4 Å². The van der Waals surface area contributed by atoms with Crippen molar-refractivity contribution in [2.75, 3.05) is 40.9 Å². The SMILES string of the molecule is CC/C=C/C=C/C=C\CCCCCCCC(=O)OC(/C=C/CCCCCCCCCCC)C(COP(=O)(O)OCC[N+](C)(C)C)NC(=O)CCCCCCCCC/C=C\CCCCCC. The molecule has 378 valence electrons. The van der Waals surface area contributed by atoms with Crippen LogP contribution in [-0.4, -0.2) is 74.3 Å². The molecule has 0 aromatic carbocycles. The number of ether oxygens (including phenoxy) is 1. The maximum atomic E-state index is 13.4. The Bertz CT molecular complexity index is 1300. The van der Waals surface area contributed by atoms with E-state index in [0.717, 1.165) is 89.9 Å². The smallest absolute Gasteiger partial charge is 0.456 e. The number of quaternary nitrogens is 1. The second kappa shape index (κ2) is 45.5. The summed E-state index contributed by atoms with van der Waals surface area (Å²) in [6.45, 7) is 6.83.